The lowest BCUT2D eigenvalue weighted by Gasteiger charge is -2.10. The Morgan fingerprint density at radius 2 is 1.45 bits per heavy atom. The van der Waals surface area contributed by atoms with Gasteiger partial charge in [-0.3, -0.25) is 4.79 Å². The first-order valence-electron chi connectivity index (χ1n) is 12.1. The van der Waals surface area contributed by atoms with E-state index in [1.165, 1.54) is 31.2 Å². The summed E-state index contributed by atoms with van der Waals surface area (Å²) in [5, 5.41) is 2.95. The molecule has 0 spiro atoms. The van der Waals surface area contributed by atoms with Gasteiger partial charge in [0.1, 0.15) is 11.5 Å². The predicted molar refractivity (Wildman–Crippen MR) is 135 cm³/mol. The molecule has 1 amide bonds. The molecule has 0 aliphatic heterocycles. The first-order valence-corrected chi connectivity index (χ1v) is 12.1. The van der Waals surface area contributed by atoms with Crippen LogP contribution in [0.15, 0.2) is 78.9 Å². The van der Waals surface area contributed by atoms with Crippen molar-refractivity contribution >= 4 is 11.6 Å². The smallest absolute Gasteiger partial charge is 0.255 e. The minimum atomic E-state index is -0.151. The number of carbonyl (C=O) groups is 1. The second-order valence-electron chi connectivity index (χ2n) is 8.21. The van der Waals surface area contributed by atoms with Crippen molar-refractivity contribution in [2.45, 2.75) is 51.9 Å². The van der Waals surface area contributed by atoms with Crippen LogP contribution in [0.4, 0.5) is 5.69 Å². The van der Waals surface area contributed by atoms with Crippen LogP contribution in [0, 0.1) is 0 Å². The standard InChI is InChI=1S/C29H35NO3/c1-2-3-4-5-9-21-32-27-19-17-25(18-20-27)29(31)30-26-15-10-16-28(23-26)33-22-11-14-24-12-7-6-8-13-24/h6-8,10,12-13,15-20,23H,2-5,9,11,14,21-22H2,1H3,(H,30,31). The Balaban J connectivity index is 1.41. The first kappa shape index (κ1) is 24.4. The molecule has 0 fully saturated rings. The molecule has 4 nitrogen and oxygen atoms in total. The van der Waals surface area contributed by atoms with Gasteiger partial charge >= 0.3 is 0 Å². The van der Waals surface area contributed by atoms with E-state index in [9.17, 15) is 4.79 Å². The van der Waals surface area contributed by atoms with Gasteiger partial charge in [0, 0.05) is 17.3 Å². The molecule has 4 heteroatoms. The van der Waals surface area contributed by atoms with Crippen molar-refractivity contribution < 1.29 is 14.3 Å². The summed E-state index contributed by atoms with van der Waals surface area (Å²) in [7, 11) is 0. The quantitative estimate of drug-likeness (QED) is 0.265. The van der Waals surface area contributed by atoms with Crippen molar-refractivity contribution in [1.82, 2.24) is 0 Å². The Hall–Kier alpha value is -3.27. The predicted octanol–water partition coefficient (Wildman–Crippen LogP) is 7.30. The third-order valence-electron chi connectivity index (χ3n) is 5.45. The molecule has 0 aromatic heterocycles. The second-order valence-corrected chi connectivity index (χ2v) is 8.21. The number of hydrogen-bond donors (Lipinski definition) is 1. The van der Waals surface area contributed by atoms with E-state index < -0.39 is 0 Å². The second kappa shape index (κ2) is 14.0. The first-order chi connectivity index (χ1) is 16.2. The van der Waals surface area contributed by atoms with Gasteiger partial charge in [0.2, 0.25) is 0 Å². The Morgan fingerprint density at radius 3 is 2.24 bits per heavy atom. The fourth-order valence-corrected chi connectivity index (χ4v) is 3.58. The largest absolute Gasteiger partial charge is 0.494 e. The summed E-state index contributed by atoms with van der Waals surface area (Å²) in [6.45, 7) is 3.56. The summed E-state index contributed by atoms with van der Waals surface area (Å²) in [4.78, 5) is 12.6. The molecule has 0 saturated carbocycles. The number of nitrogens with one attached hydrogen (secondary N) is 1. The number of hydrogen-bond acceptors (Lipinski definition) is 3. The highest BCUT2D eigenvalue weighted by Crippen LogP contribution is 2.20. The molecule has 1 N–H and O–H groups in total. The maximum atomic E-state index is 12.6. The zero-order chi connectivity index (χ0) is 23.1. The van der Waals surface area contributed by atoms with Crippen molar-refractivity contribution in [3.63, 3.8) is 0 Å². The van der Waals surface area contributed by atoms with Crippen molar-refractivity contribution in [3.05, 3.63) is 90.0 Å². The molecule has 0 aliphatic rings. The van der Waals surface area contributed by atoms with Crippen molar-refractivity contribution in [2.24, 2.45) is 0 Å². The molecule has 0 radical (unpaired) electrons. The van der Waals surface area contributed by atoms with Crippen molar-refractivity contribution in [1.29, 1.82) is 0 Å². The summed E-state index contributed by atoms with van der Waals surface area (Å²) < 4.78 is 11.7. The average molecular weight is 446 g/mol. The molecule has 0 bridgehead atoms. The lowest BCUT2D eigenvalue weighted by atomic mass is 10.1. The van der Waals surface area contributed by atoms with Gasteiger partial charge in [0.05, 0.1) is 13.2 Å². The normalized spacial score (nSPS) is 10.6. The molecular weight excluding hydrogens is 410 g/mol. The Bertz CT molecular complexity index is 954. The number of benzene rings is 3. The number of aryl methyl sites for hydroxylation is 1. The van der Waals surface area contributed by atoms with E-state index in [1.807, 2.05) is 42.5 Å². The highest BCUT2D eigenvalue weighted by molar-refractivity contribution is 6.04. The summed E-state index contributed by atoms with van der Waals surface area (Å²) in [6.07, 6.45) is 7.98. The van der Waals surface area contributed by atoms with Crippen LogP contribution in [-0.2, 0) is 6.42 Å². The van der Waals surface area contributed by atoms with E-state index in [2.05, 4.69) is 36.5 Å². The van der Waals surface area contributed by atoms with E-state index in [0.29, 0.717) is 24.5 Å². The van der Waals surface area contributed by atoms with Crippen LogP contribution in [0.1, 0.15) is 61.4 Å². The van der Waals surface area contributed by atoms with Crippen LogP contribution in [-0.4, -0.2) is 19.1 Å². The number of rotatable bonds is 14. The van der Waals surface area contributed by atoms with Crippen LogP contribution in [0.2, 0.25) is 0 Å². The van der Waals surface area contributed by atoms with Gasteiger partial charge < -0.3 is 14.8 Å². The maximum absolute atomic E-state index is 12.6. The molecule has 0 saturated heterocycles. The van der Waals surface area contributed by atoms with Crippen LogP contribution in [0.3, 0.4) is 0 Å². The van der Waals surface area contributed by atoms with Gasteiger partial charge in [-0.2, -0.15) is 0 Å². The summed E-state index contributed by atoms with van der Waals surface area (Å²) >= 11 is 0. The summed E-state index contributed by atoms with van der Waals surface area (Å²) in [5.41, 5.74) is 2.62. The number of anilines is 1. The van der Waals surface area contributed by atoms with Gasteiger partial charge in [-0.25, -0.2) is 0 Å². The molecule has 3 rings (SSSR count). The molecule has 0 atom stereocenters. The number of ether oxygens (including phenoxy) is 2. The summed E-state index contributed by atoms with van der Waals surface area (Å²) in [6, 6.07) is 25.2. The molecule has 0 heterocycles. The molecule has 0 aliphatic carbocycles. The fraction of sp³-hybridized carbons (Fsp3) is 0.345. The van der Waals surface area contributed by atoms with E-state index in [0.717, 1.165) is 30.8 Å². The van der Waals surface area contributed by atoms with E-state index >= 15 is 0 Å². The van der Waals surface area contributed by atoms with Gasteiger partial charge in [-0.1, -0.05) is 69.0 Å². The number of carbonyl (C=O) groups excluding carboxylic acids is 1. The average Bonchev–Trinajstić information content (AvgIpc) is 2.85. The van der Waals surface area contributed by atoms with E-state index in [1.54, 1.807) is 12.1 Å². The minimum Gasteiger partial charge on any atom is -0.494 e. The fourth-order valence-electron chi connectivity index (χ4n) is 3.58. The van der Waals surface area contributed by atoms with Crippen molar-refractivity contribution in [3.8, 4) is 11.5 Å². The third-order valence-corrected chi connectivity index (χ3v) is 5.45. The molecule has 174 valence electrons. The zero-order valence-electron chi connectivity index (χ0n) is 19.6. The maximum Gasteiger partial charge on any atom is 0.255 e. The molecule has 33 heavy (non-hydrogen) atoms. The molecule has 3 aromatic rings. The van der Waals surface area contributed by atoms with Crippen molar-refractivity contribution in [2.75, 3.05) is 18.5 Å². The monoisotopic (exact) mass is 445 g/mol. The minimum absolute atomic E-state index is 0.151. The number of amides is 1. The molecular formula is C29H35NO3. The zero-order valence-corrected chi connectivity index (χ0v) is 19.6. The Morgan fingerprint density at radius 1 is 0.727 bits per heavy atom. The van der Waals surface area contributed by atoms with Crippen LogP contribution >= 0.6 is 0 Å². The molecule has 0 unspecified atom stereocenters. The Labute approximate surface area is 197 Å². The van der Waals surface area contributed by atoms with Gasteiger partial charge in [-0.05, 0) is 61.2 Å². The van der Waals surface area contributed by atoms with Crippen LogP contribution in [0.5, 0.6) is 11.5 Å². The van der Waals surface area contributed by atoms with Gasteiger partial charge in [0.15, 0.2) is 0 Å². The highest BCUT2D eigenvalue weighted by Gasteiger charge is 2.07. The SMILES string of the molecule is CCCCCCCOc1ccc(C(=O)Nc2cccc(OCCCc3ccccc3)c2)cc1. The van der Waals surface area contributed by atoms with E-state index in [-0.39, 0.29) is 5.91 Å². The Kier molecular flexibility index (Phi) is 10.3. The lowest BCUT2D eigenvalue weighted by Crippen LogP contribution is -2.12. The van der Waals surface area contributed by atoms with Gasteiger partial charge in [0.25, 0.3) is 5.91 Å². The topological polar surface area (TPSA) is 47.6 Å². The third kappa shape index (κ3) is 9.01. The van der Waals surface area contributed by atoms with E-state index in [4.69, 9.17) is 9.47 Å². The highest BCUT2D eigenvalue weighted by atomic mass is 16.5. The van der Waals surface area contributed by atoms with Crippen LogP contribution < -0.4 is 14.8 Å². The summed E-state index contributed by atoms with van der Waals surface area (Å²) in [5.74, 6) is 1.40. The molecule has 3 aromatic carbocycles. The van der Waals surface area contributed by atoms with Crippen LogP contribution in [0.25, 0.3) is 0 Å². The number of unbranched alkanes of at least 4 members (excludes halogenated alkanes) is 4. The lowest BCUT2D eigenvalue weighted by molar-refractivity contribution is 0.102. The van der Waals surface area contributed by atoms with Gasteiger partial charge in [-0.15, -0.1) is 0 Å².